The molecule has 0 radical (unpaired) electrons. The van der Waals surface area contributed by atoms with Crippen molar-refractivity contribution in [1.82, 2.24) is 9.80 Å². The van der Waals surface area contributed by atoms with Gasteiger partial charge in [-0.25, -0.2) is 0 Å². The molecule has 0 aromatic rings. The van der Waals surface area contributed by atoms with E-state index in [1.165, 1.54) is 51.9 Å². The third kappa shape index (κ3) is 19.5. The van der Waals surface area contributed by atoms with Crippen LogP contribution < -0.4 is 11.5 Å². The molecule has 2 saturated heterocycles. The summed E-state index contributed by atoms with van der Waals surface area (Å²) >= 11 is 0. The summed E-state index contributed by atoms with van der Waals surface area (Å²) in [6.07, 6.45) is 5.41. The molecule has 15 heteroatoms. The van der Waals surface area contributed by atoms with Crippen molar-refractivity contribution >= 4 is 26.8 Å². The third-order valence-electron chi connectivity index (χ3n) is 3.85. The fourth-order valence-corrected chi connectivity index (χ4v) is 2.97. The van der Waals surface area contributed by atoms with Crippen LogP contribution in [-0.4, -0.2) is 96.1 Å². The zero-order valence-corrected chi connectivity index (χ0v) is 16.5. The predicted molar refractivity (Wildman–Crippen MR) is 99.3 cm³/mol. The van der Waals surface area contributed by atoms with E-state index >= 15 is 0 Å². The number of hydrogen-bond acceptors (Lipinski definition) is 7. The Kier molecular flexibility index (Phi) is 11.9. The van der Waals surface area contributed by atoms with Gasteiger partial charge in [-0.2, -0.15) is 16.8 Å². The number of hydrogen-bond donors (Lipinski definition) is 6. The summed E-state index contributed by atoms with van der Waals surface area (Å²) in [4.78, 5) is 9.26. The first kappa shape index (κ1) is 25.9. The first-order valence-electron chi connectivity index (χ1n) is 8.17. The fourth-order valence-electron chi connectivity index (χ4n) is 2.97. The first-order valence-corrected chi connectivity index (χ1v) is 11.0. The van der Waals surface area contributed by atoms with Gasteiger partial charge in [0.1, 0.15) is 0 Å². The monoisotopic (exact) mass is 435 g/mol. The van der Waals surface area contributed by atoms with E-state index in [1.807, 2.05) is 0 Å². The van der Waals surface area contributed by atoms with Crippen LogP contribution in [0, 0.1) is 0 Å². The van der Waals surface area contributed by atoms with E-state index < -0.39 is 20.8 Å². The molecule has 0 bridgehead atoms. The molecule has 8 N–H and O–H groups in total. The average Bonchev–Trinajstić information content (AvgIpc) is 2.65. The molecule has 2 fully saturated rings. The number of guanidine groups is 1. The Morgan fingerprint density at radius 2 is 1.44 bits per heavy atom. The molecule has 1 atom stereocenters. The fraction of sp³-hybridized carbons (Fsp3) is 0.917. The molecule has 162 valence electrons. The largest absolute Gasteiger partial charge is 0.394 e. The van der Waals surface area contributed by atoms with E-state index in [0.29, 0.717) is 0 Å². The van der Waals surface area contributed by atoms with Gasteiger partial charge in [0.2, 0.25) is 0 Å². The van der Waals surface area contributed by atoms with Gasteiger partial charge in [0.05, 0.1) is 6.54 Å². The topological polar surface area (TPSA) is 220 Å². The van der Waals surface area contributed by atoms with E-state index in [0.717, 1.165) is 19.1 Å². The molecule has 2 rings (SSSR count). The summed E-state index contributed by atoms with van der Waals surface area (Å²) < 4.78 is 63.2. The van der Waals surface area contributed by atoms with Crippen LogP contribution in [0.2, 0.25) is 0 Å². The molecule has 2 aliphatic rings. The van der Waals surface area contributed by atoms with Gasteiger partial charge in [-0.15, -0.1) is 0 Å². The SMILES string of the molecule is NC(N)=NCCN1CCCN2CCCCC2C1.O=S(=O)(O)O.O=S(=O)(O)O. The van der Waals surface area contributed by atoms with E-state index in [4.69, 9.17) is 46.5 Å². The highest BCUT2D eigenvalue weighted by Gasteiger charge is 2.26. The van der Waals surface area contributed by atoms with Gasteiger partial charge in [0, 0.05) is 19.1 Å². The molecule has 0 aromatic carbocycles. The molecular formula is C12H29N5O8S2. The smallest absolute Gasteiger partial charge is 0.370 e. The lowest BCUT2D eigenvalue weighted by Gasteiger charge is -2.35. The molecule has 0 aliphatic carbocycles. The van der Waals surface area contributed by atoms with Crippen molar-refractivity contribution in [3.8, 4) is 0 Å². The minimum atomic E-state index is -4.67. The third-order valence-corrected chi connectivity index (χ3v) is 3.85. The maximum atomic E-state index is 8.74. The van der Waals surface area contributed by atoms with E-state index in [1.54, 1.807) is 0 Å². The standard InChI is InChI=1S/C12H25N5.2H2O4S/c13-12(14)15-5-9-16-6-3-8-17-7-2-1-4-11(17)10-16;2*1-5(2,3)4/h11H,1-10H2,(H4,13,14,15);2*(H2,1,2,3,4). The van der Waals surface area contributed by atoms with Crippen molar-refractivity contribution in [2.75, 3.05) is 39.3 Å². The van der Waals surface area contributed by atoms with Gasteiger partial charge >= 0.3 is 20.8 Å². The van der Waals surface area contributed by atoms with Crippen LogP contribution in [-0.2, 0) is 20.8 Å². The number of piperidine rings is 1. The number of aliphatic imine (C=N–C) groups is 1. The number of rotatable bonds is 3. The molecule has 0 spiro atoms. The van der Waals surface area contributed by atoms with Gasteiger partial charge < -0.3 is 11.5 Å². The molecule has 2 heterocycles. The first-order chi connectivity index (χ1) is 12.3. The quantitative estimate of drug-likeness (QED) is 0.170. The van der Waals surface area contributed by atoms with Gasteiger partial charge in [0.15, 0.2) is 5.96 Å². The van der Waals surface area contributed by atoms with Crippen LogP contribution in [0.5, 0.6) is 0 Å². The minimum absolute atomic E-state index is 0.208. The molecule has 0 aromatic heterocycles. The number of nitrogens with zero attached hydrogens (tertiary/aromatic N) is 3. The average molecular weight is 436 g/mol. The Bertz CT molecular complexity index is 605. The minimum Gasteiger partial charge on any atom is -0.370 e. The molecule has 0 amide bonds. The molecule has 2 aliphatic heterocycles. The van der Waals surface area contributed by atoms with Gasteiger partial charge in [0.25, 0.3) is 0 Å². The van der Waals surface area contributed by atoms with E-state index in [2.05, 4.69) is 14.8 Å². The Morgan fingerprint density at radius 1 is 0.926 bits per heavy atom. The van der Waals surface area contributed by atoms with Crippen LogP contribution in [0.3, 0.4) is 0 Å². The van der Waals surface area contributed by atoms with Gasteiger partial charge in [-0.3, -0.25) is 33.0 Å². The van der Waals surface area contributed by atoms with Gasteiger partial charge in [-0.05, 0) is 38.9 Å². The van der Waals surface area contributed by atoms with Crippen molar-refractivity contribution in [3.05, 3.63) is 0 Å². The van der Waals surface area contributed by atoms with Crippen LogP contribution in [0.15, 0.2) is 4.99 Å². The number of fused-ring (bicyclic) bond motifs is 1. The van der Waals surface area contributed by atoms with Crippen LogP contribution in [0.1, 0.15) is 25.7 Å². The van der Waals surface area contributed by atoms with Crippen molar-refractivity contribution in [2.24, 2.45) is 16.5 Å². The Labute approximate surface area is 159 Å². The maximum absolute atomic E-state index is 8.74. The lowest BCUT2D eigenvalue weighted by Crippen LogP contribution is -2.44. The molecule has 13 nitrogen and oxygen atoms in total. The zero-order valence-electron chi connectivity index (χ0n) is 14.9. The summed E-state index contributed by atoms with van der Waals surface area (Å²) in [7, 11) is -9.33. The lowest BCUT2D eigenvalue weighted by atomic mass is 10.0. The second kappa shape index (κ2) is 12.4. The molecule has 27 heavy (non-hydrogen) atoms. The molecular weight excluding hydrogens is 406 g/mol. The zero-order chi connectivity index (χ0) is 21.1. The van der Waals surface area contributed by atoms with E-state index in [9.17, 15) is 0 Å². The van der Waals surface area contributed by atoms with Crippen LogP contribution >= 0.6 is 0 Å². The number of nitrogens with two attached hydrogens (primary N) is 2. The highest BCUT2D eigenvalue weighted by atomic mass is 32.3. The highest BCUT2D eigenvalue weighted by Crippen LogP contribution is 2.20. The highest BCUT2D eigenvalue weighted by molar-refractivity contribution is 7.80. The van der Waals surface area contributed by atoms with Crippen molar-refractivity contribution in [1.29, 1.82) is 0 Å². The summed E-state index contributed by atoms with van der Waals surface area (Å²) in [5.41, 5.74) is 10.7. The normalized spacial score (nSPS) is 21.4. The second-order valence-corrected chi connectivity index (χ2v) is 7.83. The Morgan fingerprint density at radius 3 is 1.96 bits per heavy atom. The summed E-state index contributed by atoms with van der Waals surface area (Å²) in [6.45, 7) is 6.67. The summed E-state index contributed by atoms with van der Waals surface area (Å²) in [6, 6.07) is 0.769. The van der Waals surface area contributed by atoms with Crippen molar-refractivity contribution in [3.63, 3.8) is 0 Å². The van der Waals surface area contributed by atoms with Gasteiger partial charge in [-0.1, -0.05) is 6.42 Å². The van der Waals surface area contributed by atoms with Crippen molar-refractivity contribution in [2.45, 2.75) is 31.7 Å². The van der Waals surface area contributed by atoms with E-state index in [-0.39, 0.29) is 5.96 Å². The van der Waals surface area contributed by atoms with Crippen molar-refractivity contribution < 1.29 is 35.0 Å². The predicted octanol–water partition coefficient (Wildman–Crippen LogP) is -1.49. The summed E-state index contributed by atoms with van der Waals surface area (Å²) in [5.74, 6) is 0.208. The Balaban J connectivity index is 0.000000563. The Hall–Kier alpha value is -1.07. The molecule has 1 unspecified atom stereocenters. The van der Waals surface area contributed by atoms with Crippen LogP contribution in [0.25, 0.3) is 0 Å². The second-order valence-electron chi connectivity index (χ2n) is 6.04. The summed E-state index contributed by atoms with van der Waals surface area (Å²) in [5, 5.41) is 0. The lowest BCUT2D eigenvalue weighted by molar-refractivity contribution is 0.138. The maximum Gasteiger partial charge on any atom is 0.394 e. The molecule has 0 saturated carbocycles. The van der Waals surface area contributed by atoms with Crippen LogP contribution in [0.4, 0.5) is 0 Å².